The Morgan fingerprint density at radius 2 is 1.86 bits per heavy atom. The van der Waals surface area contributed by atoms with Gasteiger partial charge in [0.05, 0.1) is 0 Å². The van der Waals surface area contributed by atoms with Crippen molar-refractivity contribution in [3.8, 4) is 0 Å². The van der Waals surface area contributed by atoms with E-state index in [4.69, 9.17) is 0 Å². The van der Waals surface area contributed by atoms with Gasteiger partial charge in [-0.15, -0.1) is 0 Å². The van der Waals surface area contributed by atoms with Crippen molar-refractivity contribution in [2.75, 3.05) is 6.54 Å². The average molecular weight is 293 g/mol. The molecule has 0 saturated heterocycles. The van der Waals surface area contributed by atoms with Crippen molar-refractivity contribution in [2.45, 2.75) is 51.5 Å². The number of halogens is 2. The summed E-state index contributed by atoms with van der Waals surface area (Å²) < 4.78 is 26.5. The summed E-state index contributed by atoms with van der Waals surface area (Å²) in [7, 11) is 0. The van der Waals surface area contributed by atoms with Crippen LogP contribution in [-0.2, 0) is 6.42 Å². The fraction of sp³-hybridized carbons (Fsp3) is 0.667. The summed E-state index contributed by atoms with van der Waals surface area (Å²) in [4.78, 5) is 0. The zero-order valence-electron chi connectivity index (χ0n) is 12.7. The lowest BCUT2D eigenvalue weighted by Crippen LogP contribution is -2.35. The number of fused-ring (bicyclic) bond motifs is 1. The Hall–Kier alpha value is -0.960. The van der Waals surface area contributed by atoms with Crippen LogP contribution in [0, 0.1) is 29.4 Å². The minimum atomic E-state index is -0.753. The quantitative estimate of drug-likeness (QED) is 0.824. The first-order chi connectivity index (χ1) is 10.2. The first kappa shape index (κ1) is 15.0. The highest BCUT2D eigenvalue weighted by atomic mass is 19.2. The average Bonchev–Trinajstić information content (AvgIpc) is 3.21. The summed E-state index contributed by atoms with van der Waals surface area (Å²) in [6.45, 7) is 3.17. The summed E-state index contributed by atoms with van der Waals surface area (Å²) in [6, 6.07) is 4.76. The molecule has 21 heavy (non-hydrogen) atoms. The van der Waals surface area contributed by atoms with Crippen molar-refractivity contribution in [1.82, 2.24) is 5.32 Å². The third kappa shape index (κ3) is 3.28. The molecule has 3 heteroatoms. The van der Waals surface area contributed by atoms with Gasteiger partial charge in [-0.2, -0.15) is 0 Å². The molecule has 1 nitrogen and oxygen atoms in total. The van der Waals surface area contributed by atoms with Gasteiger partial charge in [0.2, 0.25) is 0 Å². The maximum Gasteiger partial charge on any atom is 0.159 e. The maximum atomic E-state index is 13.4. The summed E-state index contributed by atoms with van der Waals surface area (Å²) in [5, 5.41) is 3.65. The monoisotopic (exact) mass is 293 g/mol. The van der Waals surface area contributed by atoms with Gasteiger partial charge >= 0.3 is 0 Å². The third-order valence-corrected chi connectivity index (χ3v) is 5.28. The zero-order valence-corrected chi connectivity index (χ0v) is 12.7. The largest absolute Gasteiger partial charge is 0.313 e. The Labute approximate surface area is 126 Å². The van der Waals surface area contributed by atoms with E-state index >= 15 is 0 Å². The predicted octanol–water partition coefficient (Wildman–Crippen LogP) is 4.31. The van der Waals surface area contributed by atoms with E-state index in [0.29, 0.717) is 6.04 Å². The lowest BCUT2D eigenvalue weighted by atomic mass is 9.99. The van der Waals surface area contributed by atoms with Crippen molar-refractivity contribution < 1.29 is 8.78 Å². The van der Waals surface area contributed by atoms with Crippen molar-refractivity contribution in [3.63, 3.8) is 0 Å². The molecule has 1 N–H and O–H groups in total. The van der Waals surface area contributed by atoms with Crippen LogP contribution in [0.1, 0.15) is 44.6 Å². The number of nitrogens with one attached hydrogen (secondary N) is 1. The van der Waals surface area contributed by atoms with E-state index in [1.54, 1.807) is 6.07 Å². The van der Waals surface area contributed by atoms with Crippen LogP contribution in [0.2, 0.25) is 0 Å². The Bertz CT molecular complexity index is 476. The molecule has 2 aliphatic rings. The highest BCUT2D eigenvalue weighted by molar-refractivity contribution is 5.20. The molecular formula is C18H25F2N. The molecule has 0 amide bonds. The van der Waals surface area contributed by atoms with Crippen molar-refractivity contribution >= 4 is 0 Å². The van der Waals surface area contributed by atoms with E-state index in [2.05, 4.69) is 12.2 Å². The Morgan fingerprint density at radius 3 is 2.48 bits per heavy atom. The van der Waals surface area contributed by atoms with E-state index in [1.165, 1.54) is 37.8 Å². The minimum absolute atomic E-state index is 0.419. The van der Waals surface area contributed by atoms with E-state index in [9.17, 15) is 8.78 Å². The molecule has 3 unspecified atom stereocenters. The molecule has 2 saturated carbocycles. The Morgan fingerprint density at radius 1 is 1.14 bits per heavy atom. The first-order valence-electron chi connectivity index (χ1n) is 8.38. The van der Waals surface area contributed by atoms with Crippen LogP contribution in [0.25, 0.3) is 0 Å². The molecule has 2 fully saturated rings. The molecule has 0 aliphatic heterocycles. The molecule has 3 atom stereocenters. The molecule has 0 radical (unpaired) electrons. The second kappa shape index (κ2) is 6.43. The van der Waals surface area contributed by atoms with Gasteiger partial charge in [-0.05, 0) is 67.7 Å². The molecular weight excluding hydrogens is 268 g/mol. The van der Waals surface area contributed by atoms with E-state index in [1.807, 2.05) is 0 Å². The molecule has 0 spiro atoms. The number of hydrogen-bond acceptors (Lipinski definition) is 1. The van der Waals surface area contributed by atoms with Gasteiger partial charge in [0.1, 0.15) is 0 Å². The molecule has 1 aromatic rings. The van der Waals surface area contributed by atoms with Crippen LogP contribution < -0.4 is 5.32 Å². The maximum absolute atomic E-state index is 13.4. The fourth-order valence-corrected chi connectivity index (χ4v) is 4.24. The second-order valence-corrected chi connectivity index (χ2v) is 6.70. The van der Waals surface area contributed by atoms with Crippen LogP contribution in [0.3, 0.4) is 0 Å². The van der Waals surface area contributed by atoms with Crippen molar-refractivity contribution in [3.05, 3.63) is 35.4 Å². The summed E-state index contributed by atoms with van der Waals surface area (Å²) in [5.41, 5.74) is 0.908. The Balaban J connectivity index is 1.68. The van der Waals surface area contributed by atoms with Gasteiger partial charge in [0, 0.05) is 6.04 Å². The molecule has 1 aromatic carbocycles. The number of hydrogen-bond donors (Lipinski definition) is 1. The normalized spacial score (nSPS) is 29.0. The minimum Gasteiger partial charge on any atom is -0.313 e. The summed E-state index contributed by atoms with van der Waals surface area (Å²) in [5.74, 6) is 1.01. The van der Waals surface area contributed by atoms with E-state index in [0.717, 1.165) is 42.7 Å². The molecule has 116 valence electrons. The lowest BCUT2D eigenvalue weighted by Gasteiger charge is -2.19. The molecule has 0 heterocycles. The van der Waals surface area contributed by atoms with Gasteiger partial charge in [-0.3, -0.25) is 0 Å². The first-order valence-corrected chi connectivity index (χ1v) is 8.38. The number of rotatable bonds is 6. The predicted molar refractivity (Wildman–Crippen MR) is 81.1 cm³/mol. The highest BCUT2D eigenvalue weighted by Crippen LogP contribution is 2.57. The fourth-order valence-electron chi connectivity index (χ4n) is 4.24. The zero-order chi connectivity index (χ0) is 14.8. The van der Waals surface area contributed by atoms with Crippen LogP contribution in [0.5, 0.6) is 0 Å². The lowest BCUT2D eigenvalue weighted by molar-refractivity contribution is 0.426. The third-order valence-electron chi connectivity index (χ3n) is 5.28. The van der Waals surface area contributed by atoms with Crippen LogP contribution in [0.15, 0.2) is 18.2 Å². The number of benzene rings is 1. The van der Waals surface area contributed by atoms with Crippen LogP contribution in [-0.4, -0.2) is 12.6 Å². The van der Waals surface area contributed by atoms with Gasteiger partial charge in [-0.1, -0.05) is 25.8 Å². The van der Waals surface area contributed by atoms with Crippen LogP contribution in [0.4, 0.5) is 8.78 Å². The standard InChI is InChI=1S/C18H25F2N/c1-2-9-21-17(18-13-5-3-4-6-14(13)18)11-12-7-8-15(19)16(20)10-12/h7-8,10,13-14,17-18,21H,2-6,9,11H2,1H3. The molecule has 0 aromatic heterocycles. The van der Waals surface area contributed by atoms with Gasteiger partial charge in [-0.25, -0.2) is 8.78 Å². The van der Waals surface area contributed by atoms with E-state index in [-0.39, 0.29) is 0 Å². The topological polar surface area (TPSA) is 12.0 Å². The SMILES string of the molecule is CCCNC(Cc1ccc(F)c(F)c1)C1C2CCCCC21. The smallest absolute Gasteiger partial charge is 0.159 e. The highest BCUT2D eigenvalue weighted by Gasteiger charge is 2.53. The van der Waals surface area contributed by atoms with E-state index < -0.39 is 11.6 Å². The van der Waals surface area contributed by atoms with Crippen molar-refractivity contribution in [1.29, 1.82) is 0 Å². The molecule has 0 bridgehead atoms. The summed E-state index contributed by atoms with van der Waals surface area (Å²) in [6.07, 6.45) is 7.37. The van der Waals surface area contributed by atoms with Gasteiger partial charge < -0.3 is 5.32 Å². The van der Waals surface area contributed by atoms with Gasteiger partial charge in [0.25, 0.3) is 0 Å². The molecule has 2 aliphatic carbocycles. The second-order valence-electron chi connectivity index (χ2n) is 6.70. The molecule has 3 rings (SSSR count). The Kier molecular flexibility index (Phi) is 4.58. The van der Waals surface area contributed by atoms with Crippen molar-refractivity contribution in [2.24, 2.45) is 17.8 Å². The van der Waals surface area contributed by atoms with Crippen LogP contribution >= 0.6 is 0 Å². The van der Waals surface area contributed by atoms with Gasteiger partial charge in [0.15, 0.2) is 11.6 Å². The summed E-state index contributed by atoms with van der Waals surface area (Å²) >= 11 is 0.